The summed E-state index contributed by atoms with van der Waals surface area (Å²) in [7, 11) is 0. The molecule has 1 fully saturated rings. The fourth-order valence-electron chi connectivity index (χ4n) is 4.77. The minimum absolute atomic E-state index is 0.167. The molecular formula is C25H27F5O2. The van der Waals surface area contributed by atoms with Gasteiger partial charge in [-0.3, -0.25) is 0 Å². The minimum Gasteiger partial charge on any atom is -0.477 e. The lowest BCUT2D eigenvalue weighted by Crippen LogP contribution is -2.16. The lowest BCUT2D eigenvalue weighted by atomic mass is 9.75. The molecule has 7 heteroatoms. The molecule has 1 saturated carbocycles. The Morgan fingerprint density at radius 3 is 2.06 bits per heavy atom. The van der Waals surface area contributed by atoms with E-state index in [9.17, 15) is 27.5 Å². The maximum Gasteiger partial charge on any atom is 0.341 e. The number of hydrogen-bond acceptors (Lipinski definition) is 1. The SMILES string of the molecule is CCCCCCC1CCC(c2cc(F)c(C(=O)O)c(F)c2-c2cc(F)c(F)c(F)c2)CC1. The van der Waals surface area contributed by atoms with Crippen molar-refractivity contribution in [3.63, 3.8) is 0 Å². The van der Waals surface area contributed by atoms with Crippen LogP contribution in [0, 0.1) is 35.0 Å². The second-order valence-corrected chi connectivity index (χ2v) is 8.64. The largest absolute Gasteiger partial charge is 0.477 e. The first-order valence-corrected chi connectivity index (χ1v) is 11.1. The van der Waals surface area contributed by atoms with Gasteiger partial charge in [0.2, 0.25) is 0 Å². The topological polar surface area (TPSA) is 37.3 Å². The van der Waals surface area contributed by atoms with E-state index in [1.807, 2.05) is 0 Å². The van der Waals surface area contributed by atoms with Crippen LogP contribution in [0.2, 0.25) is 0 Å². The normalized spacial score (nSPS) is 18.7. The molecule has 0 aliphatic heterocycles. The Morgan fingerprint density at radius 2 is 1.50 bits per heavy atom. The van der Waals surface area contributed by atoms with E-state index in [2.05, 4.69) is 6.92 Å². The molecule has 174 valence electrons. The Hall–Kier alpha value is -2.44. The number of benzene rings is 2. The second-order valence-electron chi connectivity index (χ2n) is 8.64. The van der Waals surface area contributed by atoms with Gasteiger partial charge in [0.25, 0.3) is 0 Å². The Balaban J connectivity index is 1.96. The van der Waals surface area contributed by atoms with Crippen LogP contribution in [0.25, 0.3) is 11.1 Å². The first kappa shape index (κ1) is 24.2. The van der Waals surface area contributed by atoms with Crippen LogP contribution >= 0.6 is 0 Å². The van der Waals surface area contributed by atoms with E-state index in [-0.39, 0.29) is 22.6 Å². The highest BCUT2D eigenvalue weighted by Gasteiger charge is 2.31. The number of carbonyl (C=O) groups is 1. The van der Waals surface area contributed by atoms with Gasteiger partial charge in [0.05, 0.1) is 0 Å². The Kier molecular flexibility index (Phi) is 7.91. The molecule has 2 aromatic carbocycles. The van der Waals surface area contributed by atoms with Crippen molar-refractivity contribution in [2.24, 2.45) is 5.92 Å². The number of carboxylic acid groups (broad SMARTS) is 1. The molecule has 0 spiro atoms. The molecule has 1 aliphatic rings. The monoisotopic (exact) mass is 454 g/mol. The van der Waals surface area contributed by atoms with E-state index >= 15 is 4.39 Å². The molecule has 3 rings (SSSR count). The number of rotatable bonds is 8. The third kappa shape index (κ3) is 5.13. The third-order valence-electron chi connectivity index (χ3n) is 6.49. The van der Waals surface area contributed by atoms with Crippen molar-refractivity contribution in [3.05, 3.63) is 58.4 Å². The predicted octanol–water partition coefficient (Wildman–Crippen LogP) is 7.99. The first-order valence-electron chi connectivity index (χ1n) is 11.1. The summed E-state index contributed by atoms with van der Waals surface area (Å²) in [4.78, 5) is 11.4. The van der Waals surface area contributed by atoms with E-state index < -0.39 is 40.6 Å². The van der Waals surface area contributed by atoms with E-state index in [1.165, 1.54) is 12.8 Å². The highest BCUT2D eigenvalue weighted by atomic mass is 19.2. The highest BCUT2D eigenvalue weighted by molar-refractivity contribution is 5.91. The van der Waals surface area contributed by atoms with Crippen LogP contribution in [0.1, 0.15) is 86.6 Å². The summed E-state index contributed by atoms with van der Waals surface area (Å²) in [6.45, 7) is 2.15. The molecule has 0 unspecified atom stereocenters. The molecular weight excluding hydrogens is 427 g/mol. The van der Waals surface area contributed by atoms with Crippen molar-refractivity contribution in [1.29, 1.82) is 0 Å². The van der Waals surface area contributed by atoms with Gasteiger partial charge in [-0.05, 0) is 66.8 Å². The van der Waals surface area contributed by atoms with Crippen molar-refractivity contribution < 1.29 is 31.9 Å². The molecule has 0 aromatic heterocycles. The van der Waals surface area contributed by atoms with Crippen LogP contribution in [0.15, 0.2) is 18.2 Å². The van der Waals surface area contributed by atoms with Gasteiger partial charge >= 0.3 is 5.97 Å². The van der Waals surface area contributed by atoms with E-state index in [0.717, 1.165) is 38.2 Å². The van der Waals surface area contributed by atoms with Crippen LogP contribution in [0.3, 0.4) is 0 Å². The van der Waals surface area contributed by atoms with Gasteiger partial charge in [-0.15, -0.1) is 0 Å². The zero-order valence-electron chi connectivity index (χ0n) is 18.0. The fourth-order valence-corrected chi connectivity index (χ4v) is 4.77. The van der Waals surface area contributed by atoms with Crippen LogP contribution < -0.4 is 0 Å². The summed E-state index contributed by atoms with van der Waals surface area (Å²) in [6, 6.07) is 2.18. The summed E-state index contributed by atoms with van der Waals surface area (Å²) in [5.74, 6) is -9.01. The second kappa shape index (κ2) is 10.5. The molecule has 0 radical (unpaired) electrons. The smallest absolute Gasteiger partial charge is 0.341 e. The summed E-state index contributed by atoms with van der Waals surface area (Å²) in [6.07, 6.45) is 8.72. The number of aromatic carboxylic acids is 1. The van der Waals surface area contributed by atoms with Gasteiger partial charge in [-0.1, -0.05) is 39.0 Å². The van der Waals surface area contributed by atoms with E-state index in [4.69, 9.17) is 0 Å². The summed E-state index contributed by atoms with van der Waals surface area (Å²) in [5.41, 5.74) is -1.76. The summed E-state index contributed by atoms with van der Waals surface area (Å²) >= 11 is 0. The maximum absolute atomic E-state index is 15.2. The maximum atomic E-state index is 15.2. The number of unbranched alkanes of at least 4 members (excludes halogenated alkanes) is 3. The Bertz CT molecular complexity index is 958. The Labute approximate surface area is 184 Å². The molecule has 0 amide bonds. The molecule has 0 atom stereocenters. The van der Waals surface area contributed by atoms with Gasteiger partial charge in [-0.2, -0.15) is 0 Å². The quantitative estimate of drug-likeness (QED) is 0.249. The Morgan fingerprint density at radius 1 is 0.875 bits per heavy atom. The molecule has 1 N–H and O–H groups in total. The summed E-state index contributed by atoms with van der Waals surface area (Å²) < 4.78 is 70.9. The molecule has 2 aromatic rings. The van der Waals surface area contributed by atoms with Crippen LogP contribution in [-0.4, -0.2) is 11.1 Å². The number of carboxylic acids is 1. The highest BCUT2D eigenvalue weighted by Crippen LogP contribution is 2.43. The van der Waals surface area contributed by atoms with E-state index in [0.29, 0.717) is 30.9 Å². The van der Waals surface area contributed by atoms with Crippen molar-refractivity contribution >= 4 is 5.97 Å². The van der Waals surface area contributed by atoms with Crippen LogP contribution in [0.5, 0.6) is 0 Å². The van der Waals surface area contributed by atoms with Gasteiger partial charge in [0.15, 0.2) is 17.5 Å². The lowest BCUT2D eigenvalue weighted by Gasteiger charge is -2.30. The predicted molar refractivity (Wildman–Crippen MR) is 112 cm³/mol. The van der Waals surface area contributed by atoms with Crippen molar-refractivity contribution in [3.8, 4) is 11.1 Å². The van der Waals surface area contributed by atoms with Crippen molar-refractivity contribution in [2.45, 2.75) is 70.6 Å². The number of hydrogen-bond donors (Lipinski definition) is 1. The van der Waals surface area contributed by atoms with Gasteiger partial charge in [0.1, 0.15) is 17.2 Å². The molecule has 32 heavy (non-hydrogen) atoms. The van der Waals surface area contributed by atoms with E-state index in [1.54, 1.807) is 0 Å². The zero-order valence-corrected chi connectivity index (χ0v) is 18.0. The average molecular weight is 454 g/mol. The molecule has 0 bridgehead atoms. The summed E-state index contributed by atoms with van der Waals surface area (Å²) in [5, 5.41) is 9.24. The fraction of sp³-hybridized carbons (Fsp3) is 0.480. The number of halogens is 5. The first-order chi connectivity index (χ1) is 15.2. The van der Waals surface area contributed by atoms with Gasteiger partial charge < -0.3 is 5.11 Å². The van der Waals surface area contributed by atoms with Crippen molar-refractivity contribution in [2.75, 3.05) is 0 Å². The van der Waals surface area contributed by atoms with Crippen LogP contribution in [-0.2, 0) is 0 Å². The average Bonchev–Trinajstić information content (AvgIpc) is 2.74. The van der Waals surface area contributed by atoms with Crippen LogP contribution in [0.4, 0.5) is 22.0 Å². The van der Waals surface area contributed by atoms with Crippen molar-refractivity contribution in [1.82, 2.24) is 0 Å². The third-order valence-corrected chi connectivity index (χ3v) is 6.49. The van der Waals surface area contributed by atoms with Gasteiger partial charge in [0, 0.05) is 5.56 Å². The minimum atomic E-state index is -1.83. The lowest BCUT2D eigenvalue weighted by molar-refractivity contribution is 0.0686. The molecule has 0 saturated heterocycles. The standard InChI is InChI=1S/C25H27F5O2/c1-2-3-4-5-6-14-7-9-15(10-8-14)17-13-18(26)22(25(31)32)24(30)21(17)16-11-19(27)23(29)20(28)12-16/h11-15H,2-10H2,1H3,(H,31,32). The zero-order chi connectivity index (χ0) is 23.4. The molecule has 0 heterocycles. The van der Waals surface area contributed by atoms with Gasteiger partial charge in [-0.25, -0.2) is 26.7 Å². The molecule has 1 aliphatic carbocycles. The molecule has 2 nitrogen and oxygen atoms in total.